The molecule has 0 saturated heterocycles. The summed E-state index contributed by atoms with van der Waals surface area (Å²) in [5, 5.41) is 13.7. The normalized spacial score (nSPS) is 12.3. The van der Waals surface area contributed by atoms with Crippen molar-refractivity contribution in [1.82, 2.24) is 14.8 Å². The summed E-state index contributed by atoms with van der Waals surface area (Å²) in [6, 6.07) is 4.11. The predicted molar refractivity (Wildman–Crippen MR) is 98.5 cm³/mol. The zero-order valence-electron chi connectivity index (χ0n) is 14.8. The Morgan fingerprint density at radius 3 is 2.12 bits per heavy atom. The van der Waals surface area contributed by atoms with E-state index in [9.17, 15) is 18.3 Å². The zero-order valence-corrected chi connectivity index (χ0v) is 16.5. The molecule has 0 aliphatic carbocycles. The van der Waals surface area contributed by atoms with Crippen molar-refractivity contribution in [3.05, 3.63) is 35.8 Å². The van der Waals surface area contributed by atoms with Crippen LogP contribution in [0.3, 0.4) is 0 Å². The van der Waals surface area contributed by atoms with Crippen molar-refractivity contribution >= 4 is 24.8 Å². The second kappa shape index (κ2) is 8.12. The first kappa shape index (κ1) is 24.7. The number of halogens is 5. The summed E-state index contributed by atoms with van der Waals surface area (Å²) in [6.07, 6.45) is -3.11. The van der Waals surface area contributed by atoms with Gasteiger partial charge in [0.15, 0.2) is 5.69 Å². The van der Waals surface area contributed by atoms with Gasteiger partial charge < -0.3 is 10.8 Å². The van der Waals surface area contributed by atoms with Gasteiger partial charge in [-0.05, 0) is 45.9 Å². The smallest absolute Gasteiger partial charge is 0.384 e. The van der Waals surface area contributed by atoms with Crippen LogP contribution < -0.4 is 5.73 Å². The van der Waals surface area contributed by atoms with Gasteiger partial charge in [0, 0.05) is 17.3 Å². The van der Waals surface area contributed by atoms with Crippen LogP contribution in [-0.4, -0.2) is 25.4 Å². The van der Waals surface area contributed by atoms with Gasteiger partial charge in [-0.2, -0.15) is 18.3 Å². The summed E-state index contributed by atoms with van der Waals surface area (Å²) in [4.78, 5) is 4.07. The lowest BCUT2D eigenvalue weighted by Crippen LogP contribution is -2.37. The van der Waals surface area contributed by atoms with Gasteiger partial charge in [-0.15, -0.1) is 24.8 Å². The van der Waals surface area contributed by atoms with E-state index in [1.54, 1.807) is 39.8 Å². The Bertz CT molecular complexity index is 734. The Balaban J connectivity index is 0.00000312. The van der Waals surface area contributed by atoms with Gasteiger partial charge in [-0.1, -0.05) is 0 Å². The van der Waals surface area contributed by atoms with Crippen molar-refractivity contribution < 1.29 is 18.3 Å². The Morgan fingerprint density at radius 1 is 1.08 bits per heavy atom. The maximum Gasteiger partial charge on any atom is 0.435 e. The molecule has 2 rings (SSSR count). The van der Waals surface area contributed by atoms with E-state index < -0.39 is 23.0 Å². The molecule has 0 saturated carbocycles. The molecule has 0 aromatic carbocycles. The van der Waals surface area contributed by atoms with Gasteiger partial charge in [0.1, 0.15) is 5.60 Å². The average molecular weight is 415 g/mol. The first-order chi connectivity index (χ1) is 10.8. The Labute approximate surface area is 162 Å². The molecule has 0 radical (unpaired) electrons. The number of alkyl halides is 3. The van der Waals surface area contributed by atoms with Crippen LogP contribution in [0.4, 0.5) is 13.2 Å². The molecule has 2 aromatic rings. The Kier molecular flexibility index (Phi) is 7.70. The number of pyridine rings is 1. The van der Waals surface area contributed by atoms with Crippen LogP contribution in [0.25, 0.3) is 11.3 Å². The van der Waals surface area contributed by atoms with E-state index in [1.807, 2.05) is 0 Å². The standard InChI is InChI=1S/C16H21F3N4O.2ClH/c1-14(2,20)9-23-11(8-13(22-23)16(17,18)19)10-5-6-21-12(7-10)15(3,4)24;;/h5-8,24H,9,20H2,1-4H3;2*1H. The van der Waals surface area contributed by atoms with Crippen LogP contribution in [0.2, 0.25) is 0 Å². The highest BCUT2D eigenvalue weighted by Gasteiger charge is 2.35. The van der Waals surface area contributed by atoms with E-state index in [4.69, 9.17) is 5.73 Å². The van der Waals surface area contributed by atoms with Crippen molar-refractivity contribution in [2.75, 3.05) is 0 Å². The van der Waals surface area contributed by atoms with E-state index in [2.05, 4.69) is 10.1 Å². The summed E-state index contributed by atoms with van der Waals surface area (Å²) in [7, 11) is 0. The molecule has 10 heteroatoms. The number of nitrogens with zero attached hydrogens (tertiary/aromatic N) is 3. The van der Waals surface area contributed by atoms with Gasteiger partial charge in [-0.3, -0.25) is 9.67 Å². The lowest BCUT2D eigenvalue weighted by molar-refractivity contribution is -0.141. The molecule has 0 unspecified atom stereocenters. The summed E-state index contributed by atoms with van der Waals surface area (Å²) in [5.74, 6) is 0. The minimum Gasteiger partial charge on any atom is -0.384 e. The SMILES string of the molecule is CC(C)(N)Cn1nc(C(F)(F)F)cc1-c1ccnc(C(C)(C)O)c1.Cl.Cl. The highest BCUT2D eigenvalue weighted by Crippen LogP contribution is 2.33. The van der Waals surface area contributed by atoms with Crippen LogP contribution >= 0.6 is 24.8 Å². The molecule has 2 heterocycles. The highest BCUT2D eigenvalue weighted by molar-refractivity contribution is 5.85. The monoisotopic (exact) mass is 414 g/mol. The van der Waals surface area contributed by atoms with E-state index in [1.165, 1.54) is 10.9 Å². The molecular weight excluding hydrogens is 392 g/mol. The minimum absolute atomic E-state index is 0. The largest absolute Gasteiger partial charge is 0.435 e. The van der Waals surface area contributed by atoms with Crippen molar-refractivity contribution in [2.24, 2.45) is 5.73 Å². The average Bonchev–Trinajstić information content (AvgIpc) is 2.79. The molecule has 2 aromatic heterocycles. The summed E-state index contributed by atoms with van der Waals surface area (Å²) >= 11 is 0. The molecule has 0 fully saturated rings. The number of aliphatic hydroxyl groups is 1. The second-order valence-electron chi connectivity index (χ2n) is 7.05. The number of hydrogen-bond donors (Lipinski definition) is 2. The molecule has 0 aliphatic heterocycles. The Hall–Kier alpha value is -1.35. The minimum atomic E-state index is -4.55. The van der Waals surface area contributed by atoms with Crippen LogP contribution in [-0.2, 0) is 18.3 Å². The van der Waals surface area contributed by atoms with Crippen molar-refractivity contribution in [3.63, 3.8) is 0 Å². The van der Waals surface area contributed by atoms with E-state index in [-0.39, 0.29) is 37.1 Å². The summed E-state index contributed by atoms with van der Waals surface area (Å²) in [6.45, 7) is 6.64. The van der Waals surface area contributed by atoms with Gasteiger partial charge in [0.05, 0.1) is 17.9 Å². The fraction of sp³-hybridized carbons (Fsp3) is 0.500. The number of hydrogen-bond acceptors (Lipinski definition) is 4. The number of nitrogens with two attached hydrogens (primary N) is 1. The molecule has 3 N–H and O–H groups in total. The van der Waals surface area contributed by atoms with Gasteiger partial charge in [0.2, 0.25) is 0 Å². The molecule has 5 nitrogen and oxygen atoms in total. The molecular formula is C16H23Cl2F3N4O. The van der Waals surface area contributed by atoms with Gasteiger partial charge in [-0.25, -0.2) is 0 Å². The first-order valence-corrected chi connectivity index (χ1v) is 7.40. The van der Waals surface area contributed by atoms with Crippen LogP contribution in [0.15, 0.2) is 24.4 Å². The molecule has 0 spiro atoms. The van der Waals surface area contributed by atoms with Crippen LogP contribution in [0.1, 0.15) is 39.1 Å². The van der Waals surface area contributed by atoms with E-state index in [0.29, 0.717) is 11.3 Å². The van der Waals surface area contributed by atoms with Crippen molar-refractivity contribution in [3.8, 4) is 11.3 Å². The lowest BCUT2D eigenvalue weighted by atomic mass is 10.0. The number of aromatic nitrogens is 3. The quantitative estimate of drug-likeness (QED) is 0.797. The zero-order chi connectivity index (χ0) is 18.3. The Morgan fingerprint density at radius 2 is 1.65 bits per heavy atom. The summed E-state index contributed by atoms with van der Waals surface area (Å²) in [5.41, 5.74) is 4.11. The van der Waals surface area contributed by atoms with Crippen molar-refractivity contribution in [1.29, 1.82) is 0 Å². The number of rotatable bonds is 4. The predicted octanol–water partition coefficient (Wildman–Crippen LogP) is 3.77. The third-order valence-corrected chi connectivity index (χ3v) is 3.31. The van der Waals surface area contributed by atoms with E-state index in [0.717, 1.165) is 6.07 Å². The highest BCUT2D eigenvalue weighted by atomic mass is 35.5. The third-order valence-electron chi connectivity index (χ3n) is 3.31. The molecule has 0 amide bonds. The van der Waals surface area contributed by atoms with Gasteiger partial charge in [0.25, 0.3) is 0 Å². The molecule has 0 aliphatic rings. The molecule has 26 heavy (non-hydrogen) atoms. The van der Waals surface area contributed by atoms with Crippen LogP contribution in [0.5, 0.6) is 0 Å². The molecule has 0 bridgehead atoms. The van der Waals surface area contributed by atoms with E-state index >= 15 is 0 Å². The fourth-order valence-electron chi connectivity index (χ4n) is 2.22. The van der Waals surface area contributed by atoms with Crippen LogP contribution in [0, 0.1) is 0 Å². The van der Waals surface area contributed by atoms with Crippen molar-refractivity contribution in [2.45, 2.75) is 51.6 Å². The second-order valence-corrected chi connectivity index (χ2v) is 7.05. The topological polar surface area (TPSA) is 77.0 Å². The maximum atomic E-state index is 13.0. The molecule has 0 atom stereocenters. The third kappa shape index (κ3) is 6.12. The first-order valence-electron chi connectivity index (χ1n) is 7.40. The van der Waals surface area contributed by atoms with Gasteiger partial charge >= 0.3 is 6.18 Å². The fourth-order valence-corrected chi connectivity index (χ4v) is 2.22. The molecule has 148 valence electrons. The summed E-state index contributed by atoms with van der Waals surface area (Å²) < 4.78 is 40.4. The lowest BCUT2D eigenvalue weighted by Gasteiger charge is -2.21. The maximum absolute atomic E-state index is 13.0.